The summed E-state index contributed by atoms with van der Waals surface area (Å²) in [6, 6.07) is 0. The molecule has 1 rings (SSSR count). The second-order valence-corrected chi connectivity index (χ2v) is 6.99. The Labute approximate surface area is 118 Å². The molecular weight excluding hydrogens is 240 g/mol. The molecule has 1 heterocycles. The molecule has 0 saturated carbocycles. The first kappa shape index (κ1) is 16.9. The van der Waals surface area contributed by atoms with Crippen LogP contribution in [0.15, 0.2) is 0 Å². The Bertz CT molecular complexity index is 245. The van der Waals surface area contributed by atoms with E-state index in [4.69, 9.17) is 9.47 Å². The van der Waals surface area contributed by atoms with Crippen LogP contribution in [0.2, 0.25) is 0 Å². The molecule has 4 heteroatoms. The van der Waals surface area contributed by atoms with Crippen LogP contribution in [-0.4, -0.2) is 64.1 Å². The number of hydrogen-bond acceptors (Lipinski definition) is 4. The normalized spacial score (nSPS) is 24.3. The van der Waals surface area contributed by atoms with Crippen LogP contribution in [0.5, 0.6) is 0 Å². The summed E-state index contributed by atoms with van der Waals surface area (Å²) < 4.78 is 10.8. The Morgan fingerprint density at radius 3 is 2.63 bits per heavy atom. The van der Waals surface area contributed by atoms with Crippen molar-refractivity contribution in [2.45, 2.75) is 39.2 Å². The van der Waals surface area contributed by atoms with E-state index in [0.29, 0.717) is 0 Å². The third-order valence-electron chi connectivity index (χ3n) is 3.67. The van der Waals surface area contributed by atoms with Crippen molar-refractivity contribution in [3.05, 3.63) is 0 Å². The fourth-order valence-corrected chi connectivity index (χ4v) is 2.55. The summed E-state index contributed by atoms with van der Waals surface area (Å²) >= 11 is 0. The first-order valence-corrected chi connectivity index (χ1v) is 7.37. The number of nitrogens with zero attached hydrogens (tertiary/aromatic N) is 1. The molecule has 0 radical (unpaired) electrons. The lowest BCUT2D eigenvalue weighted by Crippen LogP contribution is -2.48. The zero-order valence-electron chi connectivity index (χ0n) is 13.4. The van der Waals surface area contributed by atoms with Crippen molar-refractivity contribution >= 4 is 0 Å². The molecule has 1 fully saturated rings. The van der Waals surface area contributed by atoms with E-state index in [0.717, 1.165) is 52.3 Å². The highest BCUT2D eigenvalue weighted by Gasteiger charge is 2.36. The van der Waals surface area contributed by atoms with E-state index in [9.17, 15) is 0 Å². The van der Waals surface area contributed by atoms with Gasteiger partial charge in [-0.2, -0.15) is 0 Å². The van der Waals surface area contributed by atoms with Gasteiger partial charge in [0.25, 0.3) is 0 Å². The van der Waals surface area contributed by atoms with Gasteiger partial charge in [0.15, 0.2) is 0 Å². The molecule has 0 aromatic heterocycles. The van der Waals surface area contributed by atoms with Crippen LogP contribution in [0.1, 0.15) is 33.6 Å². The van der Waals surface area contributed by atoms with Crippen molar-refractivity contribution in [1.29, 1.82) is 0 Å². The summed E-state index contributed by atoms with van der Waals surface area (Å²) in [5.41, 5.74) is 0.444. The van der Waals surface area contributed by atoms with E-state index in [1.54, 1.807) is 7.11 Å². The first-order chi connectivity index (χ1) is 8.87. The molecule has 0 amide bonds. The predicted molar refractivity (Wildman–Crippen MR) is 79.6 cm³/mol. The predicted octanol–water partition coefficient (Wildman–Crippen LogP) is 1.75. The van der Waals surface area contributed by atoms with Gasteiger partial charge in [0, 0.05) is 50.9 Å². The maximum Gasteiger partial charge on any atom is 0.0547 e. The van der Waals surface area contributed by atoms with Crippen molar-refractivity contribution in [2.75, 3.05) is 53.6 Å². The maximum atomic E-state index is 5.66. The molecule has 0 aliphatic carbocycles. The summed E-state index contributed by atoms with van der Waals surface area (Å²) in [4.78, 5) is 2.41. The fraction of sp³-hybridized carbons (Fsp3) is 1.00. The van der Waals surface area contributed by atoms with Crippen LogP contribution in [-0.2, 0) is 9.47 Å². The van der Waals surface area contributed by atoms with E-state index in [1.807, 2.05) is 0 Å². The van der Waals surface area contributed by atoms with Crippen LogP contribution < -0.4 is 5.32 Å². The SMILES string of the molecule is COCCCN(C)CC1(CNC(C)(C)C)CCOC1. The molecule has 0 bridgehead atoms. The Balaban J connectivity index is 2.42. The molecule has 0 aromatic carbocycles. The van der Waals surface area contributed by atoms with Crippen molar-refractivity contribution in [1.82, 2.24) is 10.2 Å². The Hall–Kier alpha value is -0.160. The van der Waals surface area contributed by atoms with Gasteiger partial charge in [0.1, 0.15) is 0 Å². The molecule has 4 nitrogen and oxygen atoms in total. The molecule has 0 aromatic rings. The Morgan fingerprint density at radius 2 is 2.11 bits per heavy atom. The van der Waals surface area contributed by atoms with Crippen LogP contribution in [0.4, 0.5) is 0 Å². The molecule has 1 N–H and O–H groups in total. The average molecular weight is 272 g/mol. The number of ether oxygens (including phenoxy) is 2. The van der Waals surface area contributed by atoms with Crippen molar-refractivity contribution < 1.29 is 9.47 Å². The molecule has 0 spiro atoms. The van der Waals surface area contributed by atoms with E-state index in [2.05, 4.69) is 38.0 Å². The second-order valence-electron chi connectivity index (χ2n) is 6.99. The minimum Gasteiger partial charge on any atom is -0.385 e. The number of nitrogens with one attached hydrogen (secondary N) is 1. The van der Waals surface area contributed by atoms with Gasteiger partial charge < -0.3 is 19.7 Å². The van der Waals surface area contributed by atoms with E-state index < -0.39 is 0 Å². The highest BCUT2D eigenvalue weighted by molar-refractivity contribution is 4.90. The molecule has 1 aliphatic rings. The summed E-state index contributed by atoms with van der Waals surface area (Å²) in [6.45, 7) is 12.5. The summed E-state index contributed by atoms with van der Waals surface area (Å²) in [7, 11) is 3.96. The van der Waals surface area contributed by atoms with Gasteiger partial charge in [-0.05, 0) is 40.7 Å². The van der Waals surface area contributed by atoms with Crippen molar-refractivity contribution in [2.24, 2.45) is 5.41 Å². The van der Waals surface area contributed by atoms with Gasteiger partial charge >= 0.3 is 0 Å². The Kier molecular flexibility index (Phi) is 6.74. The molecule has 1 atom stereocenters. The number of methoxy groups -OCH3 is 1. The van der Waals surface area contributed by atoms with Crippen molar-refractivity contribution in [3.8, 4) is 0 Å². The standard InChI is InChI=1S/C15H32N2O2/c1-14(2,3)16-11-15(7-10-19-13-15)12-17(4)8-6-9-18-5/h16H,6-13H2,1-5H3. The topological polar surface area (TPSA) is 33.7 Å². The third kappa shape index (κ3) is 6.70. The van der Waals surface area contributed by atoms with Crippen LogP contribution >= 0.6 is 0 Å². The zero-order chi connectivity index (χ0) is 14.4. The first-order valence-electron chi connectivity index (χ1n) is 7.37. The van der Waals surface area contributed by atoms with Gasteiger partial charge in [0.2, 0.25) is 0 Å². The van der Waals surface area contributed by atoms with Gasteiger partial charge in [-0.3, -0.25) is 0 Å². The van der Waals surface area contributed by atoms with Crippen LogP contribution in [0, 0.1) is 5.41 Å². The molecule has 1 unspecified atom stereocenters. The highest BCUT2D eigenvalue weighted by atomic mass is 16.5. The summed E-state index contributed by atoms with van der Waals surface area (Å²) in [5, 5.41) is 3.65. The monoisotopic (exact) mass is 272 g/mol. The van der Waals surface area contributed by atoms with Gasteiger partial charge in [-0.15, -0.1) is 0 Å². The van der Waals surface area contributed by atoms with E-state index in [-0.39, 0.29) is 11.0 Å². The summed E-state index contributed by atoms with van der Waals surface area (Å²) in [5.74, 6) is 0. The molecule has 19 heavy (non-hydrogen) atoms. The fourth-order valence-electron chi connectivity index (χ4n) is 2.55. The minimum atomic E-state index is 0.171. The zero-order valence-corrected chi connectivity index (χ0v) is 13.4. The number of rotatable bonds is 8. The molecule has 1 saturated heterocycles. The molecule has 114 valence electrons. The lowest BCUT2D eigenvalue weighted by atomic mass is 9.85. The Morgan fingerprint density at radius 1 is 1.37 bits per heavy atom. The van der Waals surface area contributed by atoms with E-state index >= 15 is 0 Å². The lowest BCUT2D eigenvalue weighted by molar-refractivity contribution is 0.107. The lowest BCUT2D eigenvalue weighted by Gasteiger charge is -2.35. The van der Waals surface area contributed by atoms with E-state index in [1.165, 1.54) is 0 Å². The quantitative estimate of drug-likeness (QED) is 0.683. The van der Waals surface area contributed by atoms with Crippen molar-refractivity contribution in [3.63, 3.8) is 0 Å². The van der Waals surface area contributed by atoms with Gasteiger partial charge in [0.05, 0.1) is 6.61 Å². The maximum absolute atomic E-state index is 5.66. The highest BCUT2D eigenvalue weighted by Crippen LogP contribution is 2.29. The second kappa shape index (κ2) is 7.58. The summed E-state index contributed by atoms with van der Waals surface area (Å²) in [6.07, 6.45) is 2.25. The van der Waals surface area contributed by atoms with Crippen LogP contribution in [0.3, 0.4) is 0 Å². The van der Waals surface area contributed by atoms with Crippen LogP contribution in [0.25, 0.3) is 0 Å². The minimum absolute atomic E-state index is 0.171. The van der Waals surface area contributed by atoms with Gasteiger partial charge in [-0.25, -0.2) is 0 Å². The molecular formula is C15H32N2O2. The third-order valence-corrected chi connectivity index (χ3v) is 3.67. The smallest absolute Gasteiger partial charge is 0.0547 e. The molecule has 1 aliphatic heterocycles. The van der Waals surface area contributed by atoms with Gasteiger partial charge in [-0.1, -0.05) is 0 Å². The average Bonchev–Trinajstić information content (AvgIpc) is 2.75. The largest absolute Gasteiger partial charge is 0.385 e. The number of hydrogen-bond donors (Lipinski definition) is 1.